The van der Waals surface area contributed by atoms with Crippen LogP contribution in [0.25, 0.3) is 10.9 Å². The van der Waals surface area contributed by atoms with Crippen LogP contribution in [0.4, 0.5) is 11.6 Å². The van der Waals surface area contributed by atoms with E-state index in [0.29, 0.717) is 11.7 Å². The number of hydrogen-bond acceptors (Lipinski definition) is 4. The molecule has 0 amide bonds. The third kappa shape index (κ3) is 2.69. The van der Waals surface area contributed by atoms with Gasteiger partial charge in [0.1, 0.15) is 11.6 Å². The molecule has 0 saturated heterocycles. The molecule has 0 unspecified atom stereocenters. The van der Waals surface area contributed by atoms with Crippen molar-refractivity contribution in [2.75, 3.05) is 5.32 Å². The first-order chi connectivity index (χ1) is 10.2. The first-order valence-electron chi connectivity index (χ1n) is 6.64. The van der Waals surface area contributed by atoms with E-state index in [1.807, 2.05) is 24.3 Å². The van der Waals surface area contributed by atoms with Crippen molar-refractivity contribution in [1.29, 1.82) is 0 Å². The number of nitrogens with zero attached hydrogens (tertiary/aromatic N) is 3. The lowest BCUT2D eigenvalue weighted by Crippen LogP contribution is -1.97. The number of rotatable bonds is 3. The monoisotopic (exact) mass is 411 g/mol. The van der Waals surface area contributed by atoms with Crippen LogP contribution >= 0.6 is 34.2 Å². The summed E-state index contributed by atoms with van der Waals surface area (Å²) < 4.78 is 1.12. The number of aromatic nitrogens is 4. The van der Waals surface area contributed by atoms with Gasteiger partial charge in [0.25, 0.3) is 0 Å². The highest BCUT2D eigenvalue weighted by atomic mass is 127. The molecule has 1 aromatic carbocycles. The molecular weight excluding hydrogens is 401 g/mol. The molecule has 0 spiro atoms. The Kier molecular flexibility index (Phi) is 3.22. The average molecular weight is 412 g/mol. The van der Waals surface area contributed by atoms with Crippen LogP contribution in [0.5, 0.6) is 0 Å². The van der Waals surface area contributed by atoms with Crippen molar-refractivity contribution in [3.63, 3.8) is 0 Å². The van der Waals surface area contributed by atoms with Crippen LogP contribution in [0, 0.1) is 3.57 Å². The number of nitrogens with one attached hydrogen (secondary N) is 2. The van der Waals surface area contributed by atoms with Crippen molar-refractivity contribution in [3.05, 3.63) is 38.8 Å². The zero-order valence-electron chi connectivity index (χ0n) is 10.9. The van der Waals surface area contributed by atoms with Crippen molar-refractivity contribution in [2.24, 2.45) is 0 Å². The van der Waals surface area contributed by atoms with Gasteiger partial charge in [-0.2, -0.15) is 10.1 Å². The molecule has 1 aliphatic carbocycles. The Hall–Kier alpha value is -1.41. The lowest BCUT2D eigenvalue weighted by molar-refractivity contribution is 0.966. The van der Waals surface area contributed by atoms with E-state index in [2.05, 4.69) is 48.1 Å². The van der Waals surface area contributed by atoms with Crippen molar-refractivity contribution in [1.82, 2.24) is 20.2 Å². The molecule has 2 N–H and O–H groups in total. The van der Waals surface area contributed by atoms with Gasteiger partial charge in [-0.3, -0.25) is 5.10 Å². The summed E-state index contributed by atoms with van der Waals surface area (Å²) in [6.07, 6.45) is 2.45. The van der Waals surface area contributed by atoms with E-state index in [4.69, 9.17) is 11.6 Å². The zero-order chi connectivity index (χ0) is 14.4. The summed E-state index contributed by atoms with van der Waals surface area (Å²) >= 11 is 8.27. The van der Waals surface area contributed by atoms with Crippen LogP contribution in [0.2, 0.25) is 5.28 Å². The Morgan fingerprint density at radius 2 is 2.10 bits per heavy atom. The number of aromatic amines is 1. The molecule has 0 radical (unpaired) electrons. The van der Waals surface area contributed by atoms with E-state index in [1.165, 1.54) is 12.8 Å². The first-order valence-corrected chi connectivity index (χ1v) is 8.10. The number of halogens is 2. The van der Waals surface area contributed by atoms with Gasteiger partial charge in [0.2, 0.25) is 5.28 Å². The molecule has 2 aromatic heterocycles. The summed E-state index contributed by atoms with van der Waals surface area (Å²) in [6.45, 7) is 0. The molecule has 1 saturated carbocycles. The molecule has 0 bridgehead atoms. The molecule has 2 heterocycles. The minimum Gasteiger partial charge on any atom is -0.325 e. The largest absolute Gasteiger partial charge is 0.325 e. The van der Waals surface area contributed by atoms with Crippen molar-refractivity contribution in [3.8, 4) is 0 Å². The Morgan fingerprint density at radius 3 is 2.90 bits per heavy atom. The number of H-pyrrole nitrogens is 1. The van der Waals surface area contributed by atoms with E-state index in [1.54, 1.807) is 0 Å². The summed E-state index contributed by atoms with van der Waals surface area (Å²) in [5, 5.41) is 11.8. The second-order valence-corrected chi connectivity index (χ2v) is 6.69. The summed E-state index contributed by atoms with van der Waals surface area (Å²) in [7, 11) is 0. The quantitative estimate of drug-likeness (QED) is 0.500. The SMILES string of the molecule is Clc1nc(Nc2cc(C3CC3)n[nH]2)c2cc(I)ccc2n1. The Morgan fingerprint density at radius 1 is 1.24 bits per heavy atom. The minimum atomic E-state index is 0.230. The standard InChI is InChI=1S/C14H11ClIN5/c15-14-17-10-4-3-8(16)5-9(10)13(19-14)18-12-6-11(20-21-12)7-1-2-7/h3-7H,1-2H2,(H2,17,18,19,20,21). The molecule has 0 atom stereocenters. The minimum absolute atomic E-state index is 0.230. The normalized spacial score (nSPS) is 14.6. The molecule has 106 valence electrons. The second-order valence-electron chi connectivity index (χ2n) is 5.11. The van der Waals surface area contributed by atoms with Crippen LogP contribution in [0.3, 0.4) is 0 Å². The van der Waals surface area contributed by atoms with E-state index in [-0.39, 0.29) is 5.28 Å². The van der Waals surface area contributed by atoms with Crippen molar-refractivity contribution >= 4 is 56.7 Å². The molecule has 3 aromatic rings. The first kappa shape index (κ1) is 13.3. The maximum atomic E-state index is 6.01. The van der Waals surface area contributed by atoms with E-state index in [9.17, 15) is 0 Å². The van der Waals surface area contributed by atoms with Gasteiger partial charge in [-0.05, 0) is 65.2 Å². The van der Waals surface area contributed by atoms with Gasteiger partial charge < -0.3 is 5.32 Å². The Balaban J connectivity index is 1.75. The molecule has 7 heteroatoms. The topological polar surface area (TPSA) is 66.5 Å². The molecule has 0 aliphatic heterocycles. The zero-order valence-corrected chi connectivity index (χ0v) is 13.8. The van der Waals surface area contributed by atoms with Crippen LogP contribution in [-0.4, -0.2) is 20.2 Å². The highest BCUT2D eigenvalue weighted by Crippen LogP contribution is 2.39. The Bertz CT molecular complexity index is 827. The van der Waals surface area contributed by atoms with Crippen LogP contribution < -0.4 is 5.32 Å². The van der Waals surface area contributed by atoms with Crippen LogP contribution in [0.15, 0.2) is 24.3 Å². The average Bonchev–Trinajstić information content (AvgIpc) is 3.20. The predicted molar refractivity (Wildman–Crippen MR) is 91.1 cm³/mol. The van der Waals surface area contributed by atoms with E-state index < -0.39 is 0 Å². The maximum Gasteiger partial charge on any atom is 0.224 e. The van der Waals surface area contributed by atoms with E-state index in [0.717, 1.165) is 26.0 Å². The molecule has 21 heavy (non-hydrogen) atoms. The van der Waals surface area contributed by atoms with Gasteiger partial charge in [-0.1, -0.05) is 0 Å². The number of benzene rings is 1. The van der Waals surface area contributed by atoms with Crippen molar-refractivity contribution < 1.29 is 0 Å². The molecule has 1 fully saturated rings. The molecule has 4 rings (SSSR count). The number of hydrogen-bond donors (Lipinski definition) is 2. The van der Waals surface area contributed by atoms with Gasteiger partial charge in [-0.25, -0.2) is 4.98 Å². The van der Waals surface area contributed by atoms with Crippen LogP contribution in [0.1, 0.15) is 24.5 Å². The van der Waals surface area contributed by atoms with Gasteiger partial charge in [-0.15, -0.1) is 0 Å². The van der Waals surface area contributed by atoms with Gasteiger partial charge >= 0.3 is 0 Å². The van der Waals surface area contributed by atoms with Gasteiger partial charge in [0.15, 0.2) is 0 Å². The smallest absolute Gasteiger partial charge is 0.224 e. The van der Waals surface area contributed by atoms with Gasteiger partial charge in [0.05, 0.1) is 11.2 Å². The summed E-state index contributed by atoms with van der Waals surface area (Å²) in [6, 6.07) is 8.01. The molecule has 5 nitrogen and oxygen atoms in total. The Labute approximate surface area is 139 Å². The highest BCUT2D eigenvalue weighted by molar-refractivity contribution is 14.1. The maximum absolute atomic E-state index is 6.01. The number of fused-ring (bicyclic) bond motifs is 1. The third-order valence-corrected chi connectivity index (χ3v) is 4.32. The van der Waals surface area contributed by atoms with Crippen molar-refractivity contribution in [2.45, 2.75) is 18.8 Å². The lowest BCUT2D eigenvalue weighted by atomic mass is 10.2. The fourth-order valence-electron chi connectivity index (χ4n) is 2.28. The van der Waals surface area contributed by atoms with Gasteiger partial charge in [0, 0.05) is 20.9 Å². The predicted octanol–water partition coefficient (Wildman–Crippen LogP) is 4.23. The summed E-state index contributed by atoms with van der Waals surface area (Å²) in [4.78, 5) is 8.55. The fraction of sp³-hybridized carbons (Fsp3) is 0.214. The number of anilines is 2. The third-order valence-electron chi connectivity index (χ3n) is 3.48. The second kappa shape index (κ2) is 5.10. The summed E-state index contributed by atoms with van der Waals surface area (Å²) in [5.74, 6) is 2.13. The lowest BCUT2D eigenvalue weighted by Gasteiger charge is -2.07. The molecule has 1 aliphatic rings. The summed E-state index contributed by atoms with van der Waals surface area (Å²) in [5.41, 5.74) is 1.93. The highest BCUT2D eigenvalue weighted by Gasteiger charge is 2.26. The molecular formula is C14H11ClIN5. The van der Waals surface area contributed by atoms with E-state index >= 15 is 0 Å². The fourth-order valence-corrected chi connectivity index (χ4v) is 2.95. The van der Waals surface area contributed by atoms with Crippen LogP contribution in [-0.2, 0) is 0 Å².